The van der Waals surface area contributed by atoms with Crippen molar-refractivity contribution >= 4 is 23.1 Å². The molecule has 1 aromatic carbocycles. The summed E-state index contributed by atoms with van der Waals surface area (Å²) in [5.74, 6) is 1.54. The van der Waals surface area contributed by atoms with Gasteiger partial charge in [0.1, 0.15) is 11.5 Å². The number of fused-ring (bicyclic) bond motifs is 1. The molecule has 0 unspecified atom stereocenters. The fraction of sp³-hybridized carbons (Fsp3) is 0.412. The summed E-state index contributed by atoms with van der Waals surface area (Å²) in [6.07, 6.45) is 6.36. The van der Waals surface area contributed by atoms with E-state index in [9.17, 15) is 9.59 Å². The minimum atomic E-state index is -0.242. The van der Waals surface area contributed by atoms with Crippen molar-refractivity contribution in [2.24, 2.45) is 4.99 Å². The lowest BCUT2D eigenvalue weighted by atomic mass is 9.93. The van der Waals surface area contributed by atoms with Crippen LogP contribution < -0.4 is 0 Å². The number of unbranched alkanes of at least 4 members (excludes halogenated alkanes) is 4. The third kappa shape index (κ3) is 3.12. The minimum Gasteiger partial charge on any atom is -0.288 e. The van der Waals surface area contributed by atoms with Crippen LogP contribution >= 0.6 is 0 Å². The van der Waals surface area contributed by atoms with Crippen LogP contribution in [-0.4, -0.2) is 17.4 Å². The van der Waals surface area contributed by atoms with Gasteiger partial charge in [-0.15, -0.1) is 0 Å². The molecule has 0 saturated heterocycles. The van der Waals surface area contributed by atoms with Gasteiger partial charge in [-0.1, -0.05) is 44.7 Å². The van der Waals surface area contributed by atoms with E-state index in [0.29, 0.717) is 23.4 Å². The Labute approximate surface area is 119 Å². The Morgan fingerprint density at radius 3 is 2.60 bits per heavy atom. The molecule has 3 nitrogen and oxygen atoms in total. The summed E-state index contributed by atoms with van der Waals surface area (Å²) in [6, 6.07) is 7.15. The van der Waals surface area contributed by atoms with Crippen molar-refractivity contribution < 1.29 is 9.59 Å². The first kappa shape index (κ1) is 14.4. The van der Waals surface area contributed by atoms with Gasteiger partial charge in [0.05, 0.1) is 11.4 Å². The molecule has 1 heterocycles. The number of benzene rings is 1. The Morgan fingerprint density at radius 2 is 1.85 bits per heavy atom. The Balaban J connectivity index is 2.13. The molecule has 0 amide bonds. The normalized spacial score (nSPS) is 13.8. The van der Waals surface area contributed by atoms with Crippen LogP contribution in [0.2, 0.25) is 0 Å². The van der Waals surface area contributed by atoms with Crippen molar-refractivity contribution in [1.29, 1.82) is 0 Å². The van der Waals surface area contributed by atoms with E-state index < -0.39 is 0 Å². The van der Waals surface area contributed by atoms with Gasteiger partial charge in [0.2, 0.25) is 5.78 Å². The second-order valence-corrected chi connectivity index (χ2v) is 5.05. The van der Waals surface area contributed by atoms with Crippen LogP contribution in [0, 0.1) is 0 Å². The predicted molar refractivity (Wildman–Crippen MR) is 80.5 cm³/mol. The molecule has 0 fully saturated rings. The number of hydrogen-bond donors (Lipinski definition) is 0. The Kier molecular flexibility index (Phi) is 5.03. The number of para-hydroxylation sites is 1. The second kappa shape index (κ2) is 6.97. The highest BCUT2D eigenvalue weighted by Gasteiger charge is 2.25. The van der Waals surface area contributed by atoms with Gasteiger partial charge in [-0.2, -0.15) is 0 Å². The molecule has 20 heavy (non-hydrogen) atoms. The maximum atomic E-state index is 12.2. The van der Waals surface area contributed by atoms with Crippen LogP contribution in [0.25, 0.3) is 0 Å². The Hall–Kier alpha value is -1.99. The molecule has 0 radical (unpaired) electrons. The van der Waals surface area contributed by atoms with Gasteiger partial charge in [-0.25, -0.2) is 4.79 Å². The third-order valence-electron chi connectivity index (χ3n) is 3.54. The number of Topliss-reactive ketones (excluding diaryl/α,β-unsaturated/α-hetero) is 1. The number of allylic oxidation sites excluding steroid dienone is 1. The van der Waals surface area contributed by atoms with E-state index in [2.05, 4.69) is 11.9 Å². The van der Waals surface area contributed by atoms with E-state index in [1.807, 2.05) is 12.1 Å². The standard InChI is InChI=1S/C17H19NO2/c1-2-3-4-5-6-10-16-14(12-19)17(20)13-9-7-8-11-15(13)18-16/h7-9,11H,2-6,10H2,1H3. The lowest BCUT2D eigenvalue weighted by Gasteiger charge is -2.15. The number of hydrogen-bond acceptors (Lipinski definition) is 3. The third-order valence-corrected chi connectivity index (χ3v) is 3.54. The largest absolute Gasteiger partial charge is 0.288 e. The Bertz CT molecular complexity index is 580. The minimum absolute atomic E-state index is 0.110. The molecule has 0 atom stereocenters. The van der Waals surface area contributed by atoms with Crippen LogP contribution in [0.4, 0.5) is 5.69 Å². The van der Waals surface area contributed by atoms with Gasteiger partial charge in [0.25, 0.3) is 0 Å². The van der Waals surface area contributed by atoms with E-state index in [4.69, 9.17) is 0 Å². The van der Waals surface area contributed by atoms with Gasteiger partial charge >= 0.3 is 0 Å². The zero-order valence-electron chi connectivity index (χ0n) is 11.8. The maximum absolute atomic E-state index is 12.2. The van der Waals surface area contributed by atoms with E-state index in [1.165, 1.54) is 19.3 Å². The van der Waals surface area contributed by atoms with Gasteiger partial charge in [-0.3, -0.25) is 9.79 Å². The summed E-state index contributed by atoms with van der Waals surface area (Å²) in [5.41, 5.74) is 1.88. The molecule has 0 bridgehead atoms. The lowest BCUT2D eigenvalue weighted by molar-refractivity contribution is 0.104. The molecule has 1 aliphatic heterocycles. The van der Waals surface area contributed by atoms with Crippen LogP contribution in [0.5, 0.6) is 0 Å². The monoisotopic (exact) mass is 269 g/mol. The molecule has 0 spiro atoms. The molecule has 3 heteroatoms. The molecule has 0 aliphatic carbocycles. The summed E-state index contributed by atoms with van der Waals surface area (Å²) < 4.78 is 0. The molecule has 0 saturated carbocycles. The summed E-state index contributed by atoms with van der Waals surface area (Å²) in [5, 5.41) is 0. The van der Waals surface area contributed by atoms with E-state index in [-0.39, 0.29) is 11.4 Å². The average molecular weight is 269 g/mol. The first-order valence-corrected chi connectivity index (χ1v) is 7.24. The zero-order chi connectivity index (χ0) is 14.4. The van der Waals surface area contributed by atoms with Crippen molar-refractivity contribution in [3.05, 3.63) is 35.4 Å². The lowest BCUT2D eigenvalue weighted by Crippen LogP contribution is -2.18. The molecule has 1 aromatic rings. The quantitative estimate of drug-likeness (QED) is 0.444. The molecule has 104 valence electrons. The predicted octanol–water partition coefficient (Wildman–Crippen LogP) is 4.07. The van der Waals surface area contributed by atoms with Crippen molar-refractivity contribution in [3.63, 3.8) is 0 Å². The average Bonchev–Trinajstić information content (AvgIpc) is 2.47. The fourth-order valence-corrected chi connectivity index (χ4v) is 2.41. The highest BCUT2D eigenvalue weighted by Crippen LogP contribution is 2.28. The Morgan fingerprint density at radius 1 is 1.10 bits per heavy atom. The highest BCUT2D eigenvalue weighted by molar-refractivity contribution is 6.35. The van der Waals surface area contributed by atoms with Crippen molar-refractivity contribution in [2.75, 3.05) is 0 Å². The first-order chi connectivity index (χ1) is 9.77. The summed E-state index contributed by atoms with van der Waals surface area (Å²) >= 11 is 0. The number of rotatable bonds is 6. The number of nitrogens with zero attached hydrogens (tertiary/aromatic N) is 1. The van der Waals surface area contributed by atoms with Crippen molar-refractivity contribution in [2.45, 2.75) is 45.4 Å². The molecule has 1 aliphatic rings. The van der Waals surface area contributed by atoms with E-state index >= 15 is 0 Å². The van der Waals surface area contributed by atoms with Crippen LogP contribution in [-0.2, 0) is 4.79 Å². The molecular weight excluding hydrogens is 250 g/mol. The summed E-state index contributed by atoms with van der Waals surface area (Å²) in [4.78, 5) is 27.7. The van der Waals surface area contributed by atoms with Crippen LogP contribution in [0.1, 0.15) is 55.8 Å². The maximum Gasteiger partial charge on any atom is 0.208 e. The number of ketones is 1. The summed E-state index contributed by atoms with van der Waals surface area (Å²) in [7, 11) is 0. The van der Waals surface area contributed by atoms with Gasteiger partial charge in [0, 0.05) is 5.56 Å². The number of carbonyl (C=O) groups excluding carboxylic acids is 2. The molecule has 0 N–H and O–H groups in total. The van der Waals surface area contributed by atoms with E-state index in [1.54, 1.807) is 18.1 Å². The van der Waals surface area contributed by atoms with Crippen LogP contribution in [0.3, 0.4) is 0 Å². The van der Waals surface area contributed by atoms with Gasteiger partial charge in [-0.05, 0) is 25.0 Å². The zero-order valence-corrected chi connectivity index (χ0v) is 11.8. The second-order valence-electron chi connectivity index (χ2n) is 5.05. The number of carbonyl (C=O) groups is 1. The summed E-state index contributed by atoms with van der Waals surface area (Å²) in [6.45, 7) is 2.17. The molecular formula is C17H19NO2. The SMILES string of the molecule is CCCCCCCC1=Nc2ccccc2C(=O)C1=C=O. The van der Waals surface area contributed by atoms with Gasteiger partial charge < -0.3 is 0 Å². The van der Waals surface area contributed by atoms with Crippen molar-refractivity contribution in [1.82, 2.24) is 0 Å². The smallest absolute Gasteiger partial charge is 0.208 e. The molecule has 0 aromatic heterocycles. The number of aliphatic imine (C=N–C) groups is 1. The topological polar surface area (TPSA) is 46.5 Å². The van der Waals surface area contributed by atoms with E-state index in [0.717, 1.165) is 12.8 Å². The first-order valence-electron chi connectivity index (χ1n) is 7.24. The van der Waals surface area contributed by atoms with Crippen molar-refractivity contribution in [3.8, 4) is 0 Å². The highest BCUT2D eigenvalue weighted by atomic mass is 16.1. The fourth-order valence-electron chi connectivity index (χ4n) is 2.41. The van der Waals surface area contributed by atoms with Gasteiger partial charge in [0.15, 0.2) is 0 Å². The van der Waals surface area contributed by atoms with Crippen LogP contribution in [0.15, 0.2) is 34.8 Å². The molecule has 2 rings (SSSR count).